The maximum atomic E-state index is 12.5. The summed E-state index contributed by atoms with van der Waals surface area (Å²) in [5.74, 6) is 2.50. The first-order valence-electron chi connectivity index (χ1n) is 25.6. The second-order valence-corrected chi connectivity index (χ2v) is 24.4. The number of ether oxygens (including phenoxy) is 1. The first kappa shape index (κ1) is 52.3. The first-order chi connectivity index (χ1) is 34.1. The molecule has 1 aliphatic rings. The number of aryl methyl sites for hydroxylation is 2. The van der Waals surface area contributed by atoms with Crippen LogP contribution in [0.5, 0.6) is 23.0 Å². The van der Waals surface area contributed by atoms with Crippen LogP contribution in [0.15, 0.2) is 91.0 Å². The molecule has 8 bridgehead atoms. The molecule has 0 aliphatic heterocycles. The zero-order valence-electron chi connectivity index (χ0n) is 45.8. The number of phenols is 3. The number of anilines is 5. The summed E-state index contributed by atoms with van der Waals surface area (Å²) in [4.78, 5) is 13.9. The van der Waals surface area contributed by atoms with Gasteiger partial charge in [-0.1, -0.05) is 150 Å². The topological polar surface area (TPSA) is 145 Å². The molecule has 0 fully saturated rings. The smallest absolute Gasteiger partial charge is 0.233 e. The van der Waals surface area contributed by atoms with Crippen molar-refractivity contribution in [1.29, 1.82) is 0 Å². The first-order valence-corrected chi connectivity index (χ1v) is 25.6. The van der Waals surface area contributed by atoms with Crippen LogP contribution < -0.4 is 20.7 Å². The minimum Gasteiger partial charge on any atom is -0.507 e. The van der Waals surface area contributed by atoms with Crippen molar-refractivity contribution in [2.24, 2.45) is 0 Å². The molecule has 382 valence electrons. The maximum Gasteiger partial charge on any atom is 0.233 e. The normalized spacial score (nSPS) is 13.1. The van der Waals surface area contributed by atoms with E-state index in [1.807, 2.05) is 24.3 Å². The van der Waals surface area contributed by atoms with E-state index in [4.69, 9.17) is 9.72 Å². The third-order valence-electron chi connectivity index (χ3n) is 13.9. The highest BCUT2D eigenvalue weighted by atomic mass is 16.5. The Bertz CT molecular complexity index is 3080. The summed E-state index contributed by atoms with van der Waals surface area (Å²) in [6.07, 6.45) is 1.38. The molecule has 1 aromatic heterocycles. The number of nitrogens with zero attached hydrogens (tertiary/aromatic N) is 3. The van der Waals surface area contributed by atoms with E-state index in [0.717, 1.165) is 94.8 Å². The van der Waals surface area contributed by atoms with Crippen LogP contribution in [0, 0.1) is 13.8 Å². The highest BCUT2D eigenvalue weighted by Crippen LogP contribution is 2.44. The van der Waals surface area contributed by atoms with Gasteiger partial charge in [-0.25, -0.2) is 0 Å². The van der Waals surface area contributed by atoms with Crippen LogP contribution in [-0.2, 0) is 54.0 Å². The highest BCUT2D eigenvalue weighted by molar-refractivity contribution is 5.62. The Balaban J connectivity index is 1.27. The van der Waals surface area contributed by atoms with E-state index in [1.54, 1.807) is 7.05 Å². The number of phenolic OH excluding ortho intramolecular Hbond substituents is 3. The predicted molar refractivity (Wildman–Crippen MR) is 299 cm³/mol. The lowest BCUT2D eigenvalue weighted by atomic mass is 9.79. The largest absolute Gasteiger partial charge is 0.507 e. The van der Waals surface area contributed by atoms with E-state index >= 15 is 0 Å². The van der Waals surface area contributed by atoms with Crippen LogP contribution in [0.25, 0.3) is 0 Å². The van der Waals surface area contributed by atoms with E-state index in [0.29, 0.717) is 49.3 Å². The van der Waals surface area contributed by atoms with E-state index in [2.05, 4.69) is 190 Å². The van der Waals surface area contributed by atoms with Crippen LogP contribution >= 0.6 is 0 Å². The molecule has 1 heterocycles. The van der Waals surface area contributed by atoms with Gasteiger partial charge in [0.15, 0.2) is 0 Å². The van der Waals surface area contributed by atoms with Crippen molar-refractivity contribution in [3.8, 4) is 23.0 Å². The van der Waals surface area contributed by atoms with Crippen molar-refractivity contribution >= 4 is 29.2 Å². The van der Waals surface area contributed by atoms with E-state index in [1.165, 1.54) is 0 Å². The van der Waals surface area contributed by atoms with Gasteiger partial charge in [0.1, 0.15) is 29.6 Å². The minimum absolute atomic E-state index is 0.185. The average Bonchev–Trinajstić information content (AvgIpc) is 3.27. The average molecular weight is 981 g/mol. The number of fused-ring (bicyclic) bond motifs is 8. The predicted octanol–water partition coefficient (Wildman–Crippen LogP) is 14.6. The third-order valence-corrected chi connectivity index (χ3v) is 13.9. The molecule has 6 aromatic carbocycles. The number of nitrogens with one attached hydrogen (secondary N) is 3. The summed E-state index contributed by atoms with van der Waals surface area (Å²) in [6.45, 7) is 30.7. The Hall–Kier alpha value is -7.07. The number of hydrogen-bond acceptors (Lipinski definition) is 10. The molecule has 6 N–H and O–H groups in total. The fourth-order valence-corrected chi connectivity index (χ4v) is 9.64. The van der Waals surface area contributed by atoms with Crippen LogP contribution in [0.2, 0.25) is 0 Å². The molecule has 10 nitrogen and oxygen atoms in total. The van der Waals surface area contributed by atoms with Gasteiger partial charge in [-0.2, -0.15) is 15.0 Å². The van der Waals surface area contributed by atoms with Crippen molar-refractivity contribution in [3.05, 3.63) is 174 Å². The summed E-state index contributed by atoms with van der Waals surface area (Å²) >= 11 is 0. The molecule has 8 rings (SSSR count). The lowest BCUT2D eigenvalue weighted by Crippen LogP contribution is -2.16. The van der Waals surface area contributed by atoms with Gasteiger partial charge in [0.05, 0.1) is 0 Å². The number of aromatic hydroxyl groups is 3. The molecule has 0 saturated carbocycles. The van der Waals surface area contributed by atoms with E-state index in [9.17, 15) is 15.3 Å². The zero-order valence-corrected chi connectivity index (χ0v) is 45.8. The molecular formula is C63H76N6O4. The lowest BCUT2D eigenvalue weighted by molar-refractivity contribution is 0.300. The second kappa shape index (κ2) is 19.7. The minimum atomic E-state index is -0.245. The van der Waals surface area contributed by atoms with Crippen LogP contribution in [0.1, 0.15) is 167 Å². The third kappa shape index (κ3) is 12.1. The van der Waals surface area contributed by atoms with Crippen molar-refractivity contribution < 1.29 is 20.1 Å². The Labute approximate surface area is 433 Å². The number of aromatic nitrogens is 3. The number of hydrogen-bond donors (Lipinski definition) is 6. The van der Waals surface area contributed by atoms with Crippen LogP contribution in [0.4, 0.5) is 29.2 Å². The van der Waals surface area contributed by atoms with Crippen LogP contribution in [0.3, 0.4) is 0 Å². The summed E-state index contributed by atoms with van der Waals surface area (Å²) in [6, 6.07) is 31.4. The molecule has 0 spiro atoms. The van der Waals surface area contributed by atoms with Gasteiger partial charge in [0, 0.05) is 44.1 Å². The van der Waals surface area contributed by atoms with Crippen LogP contribution in [-0.4, -0.2) is 37.3 Å². The van der Waals surface area contributed by atoms with Gasteiger partial charge in [-0.3, -0.25) is 0 Å². The quantitative estimate of drug-likeness (QED) is 0.0870. The molecular weight excluding hydrogens is 905 g/mol. The molecule has 0 radical (unpaired) electrons. The Morgan fingerprint density at radius 2 is 0.781 bits per heavy atom. The summed E-state index contributed by atoms with van der Waals surface area (Å²) in [7, 11) is 1.78. The molecule has 0 atom stereocenters. The molecule has 0 unspecified atom stereocenters. The van der Waals surface area contributed by atoms with Gasteiger partial charge in [-0.05, 0) is 143 Å². The summed E-state index contributed by atoms with van der Waals surface area (Å²) in [5, 5.41) is 47.1. The molecule has 1 aliphatic carbocycles. The molecule has 7 aromatic rings. The van der Waals surface area contributed by atoms with E-state index < -0.39 is 0 Å². The van der Waals surface area contributed by atoms with Crippen molar-refractivity contribution in [2.45, 2.75) is 151 Å². The molecule has 73 heavy (non-hydrogen) atoms. The Kier molecular flexibility index (Phi) is 14.1. The van der Waals surface area contributed by atoms with Gasteiger partial charge in [-0.15, -0.1) is 0 Å². The van der Waals surface area contributed by atoms with Gasteiger partial charge in [0.2, 0.25) is 17.8 Å². The standard InChI is InChI=1S/C63H76N6O4/c1-36-19-37(2)21-52(20-36)66-59-68-57(64-15)67-58(69-59)65-51-18-16-17-38(22-51)35-73-56-45-25-43-31-48(61(6,7)8)29-41(54(43)71)23-39-27-47(60(3,4)5)28-40(53(39)70)24-42-30-49(62(9,10)11)32-44(55(42)72)26-46(56)34-50(33-45)63(12,13)14/h16-22,27-34,70-72H,23-26,35H2,1-15H3,(H3,64,65,66,67,68,69). The summed E-state index contributed by atoms with van der Waals surface area (Å²) < 4.78 is 7.14. The Morgan fingerprint density at radius 1 is 0.438 bits per heavy atom. The van der Waals surface area contributed by atoms with Gasteiger partial charge < -0.3 is 36.0 Å². The van der Waals surface area contributed by atoms with Gasteiger partial charge >= 0.3 is 0 Å². The fraction of sp³-hybridized carbons (Fsp3) is 0.381. The van der Waals surface area contributed by atoms with Crippen molar-refractivity contribution in [1.82, 2.24) is 15.0 Å². The molecule has 0 amide bonds. The summed E-state index contributed by atoms with van der Waals surface area (Å²) in [5.41, 5.74) is 14.6. The SMILES string of the molecule is CNc1nc(Nc2cc(C)cc(C)c2)nc(Nc2cccc(COc3c4cc(C(C)(C)C)cc3Cc3cc(C(C)(C)C)cc(c3O)Cc3cc(C(C)(C)C)cc(c3O)Cc3cc(C(C)(C)C)cc(c3O)C4)c2)n1. The maximum absolute atomic E-state index is 12.5. The molecule has 0 saturated heterocycles. The highest BCUT2D eigenvalue weighted by Gasteiger charge is 2.28. The fourth-order valence-electron chi connectivity index (χ4n) is 9.64. The van der Waals surface area contributed by atoms with Crippen molar-refractivity contribution in [3.63, 3.8) is 0 Å². The zero-order chi connectivity index (χ0) is 52.9. The second-order valence-electron chi connectivity index (χ2n) is 24.4. The monoisotopic (exact) mass is 981 g/mol. The van der Waals surface area contributed by atoms with Crippen molar-refractivity contribution in [2.75, 3.05) is 23.0 Å². The number of rotatable bonds is 8. The molecule has 10 heteroatoms. The Morgan fingerprint density at radius 3 is 1.15 bits per heavy atom. The van der Waals surface area contributed by atoms with Gasteiger partial charge in [0.25, 0.3) is 0 Å². The number of benzene rings is 6. The van der Waals surface area contributed by atoms with E-state index in [-0.39, 0.29) is 45.5 Å². The lowest BCUT2D eigenvalue weighted by Gasteiger charge is -2.27.